The van der Waals surface area contributed by atoms with Gasteiger partial charge in [0.2, 0.25) is 0 Å². The number of amides is 1. The zero-order valence-electron chi connectivity index (χ0n) is 18.1. The van der Waals surface area contributed by atoms with Crippen molar-refractivity contribution in [2.24, 2.45) is 0 Å². The van der Waals surface area contributed by atoms with Crippen molar-refractivity contribution in [3.8, 4) is 0 Å². The Morgan fingerprint density at radius 2 is 1.58 bits per heavy atom. The number of aromatic nitrogens is 2. The molecule has 0 radical (unpaired) electrons. The third-order valence-electron chi connectivity index (χ3n) is 5.27. The van der Waals surface area contributed by atoms with Crippen LogP contribution in [0.2, 0.25) is 10.0 Å². The van der Waals surface area contributed by atoms with Crippen molar-refractivity contribution in [2.45, 2.75) is 20.4 Å². The highest BCUT2D eigenvalue weighted by Crippen LogP contribution is 2.24. The van der Waals surface area contributed by atoms with Crippen molar-refractivity contribution in [2.75, 3.05) is 5.32 Å². The van der Waals surface area contributed by atoms with Crippen LogP contribution in [0.1, 0.15) is 43.1 Å². The van der Waals surface area contributed by atoms with Crippen LogP contribution in [0.5, 0.6) is 0 Å². The highest BCUT2D eigenvalue weighted by atomic mass is 35.5. The number of hydrogen-bond donors (Lipinski definition) is 1. The monoisotopic (exact) mass is 477 g/mol. The molecule has 5 nitrogen and oxygen atoms in total. The molecule has 0 saturated heterocycles. The number of nitrogens with zero attached hydrogens (tertiary/aromatic N) is 2. The van der Waals surface area contributed by atoms with Gasteiger partial charge in [0, 0.05) is 22.9 Å². The quantitative estimate of drug-likeness (QED) is 0.329. The van der Waals surface area contributed by atoms with Crippen molar-refractivity contribution in [1.82, 2.24) is 9.78 Å². The number of aryl methyl sites for hydroxylation is 2. The number of carbonyl (C=O) groups is 2. The minimum Gasteiger partial charge on any atom is -0.305 e. The van der Waals surface area contributed by atoms with Gasteiger partial charge in [-0.15, -0.1) is 0 Å². The fourth-order valence-electron chi connectivity index (χ4n) is 3.47. The van der Waals surface area contributed by atoms with E-state index in [1.54, 1.807) is 59.3 Å². The number of benzene rings is 3. The Bertz CT molecular complexity index is 1340. The molecule has 0 fully saturated rings. The topological polar surface area (TPSA) is 64.0 Å². The predicted octanol–water partition coefficient (Wildman–Crippen LogP) is 6.34. The van der Waals surface area contributed by atoms with Gasteiger partial charge >= 0.3 is 0 Å². The van der Waals surface area contributed by atoms with Gasteiger partial charge in [-0.05, 0) is 37.6 Å². The summed E-state index contributed by atoms with van der Waals surface area (Å²) in [5, 5.41) is 8.26. The minimum absolute atomic E-state index is 0.206. The number of rotatable bonds is 6. The summed E-state index contributed by atoms with van der Waals surface area (Å²) in [4.78, 5) is 26.1. The average Bonchev–Trinajstić information content (AvgIpc) is 3.14. The Morgan fingerprint density at radius 1 is 0.879 bits per heavy atom. The molecule has 33 heavy (non-hydrogen) atoms. The fourth-order valence-corrected chi connectivity index (χ4v) is 3.79. The van der Waals surface area contributed by atoms with Gasteiger partial charge in [0.25, 0.3) is 5.91 Å². The molecular weight excluding hydrogens is 457 g/mol. The van der Waals surface area contributed by atoms with Gasteiger partial charge < -0.3 is 5.32 Å². The first-order valence-electron chi connectivity index (χ1n) is 10.3. The van der Waals surface area contributed by atoms with Gasteiger partial charge in [-0.1, -0.05) is 77.3 Å². The molecule has 0 aliphatic heterocycles. The summed E-state index contributed by atoms with van der Waals surface area (Å²) in [5.74, 6) is -0.206. The molecule has 0 aliphatic carbocycles. The maximum absolute atomic E-state index is 13.0. The van der Waals surface area contributed by atoms with Gasteiger partial charge in [0.15, 0.2) is 11.6 Å². The Balaban J connectivity index is 1.54. The van der Waals surface area contributed by atoms with E-state index in [1.807, 2.05) is 32.0 Å². The van der Waals surface area contributed by atoms with E-state index in [4.69, 9.17) is 23.2 Å². The van der Waals surface area contributed by atoms with Crippen LogP contribution in [0.3, 0.4) is 0 Å². The third-order valence-corrected chi connectivity index (χ3v) is 6.01. The van der Waals surface area contributed by atoms with E-state index in [0.29, 0.717) is 39.1 Å². The predicted molar refractivity (Wildman–Crippen MR) is 132 cm³/mol. The molecule has 0 spiro atoms. The molecule has 4 aromatic rings. The Morgan fingerprint density at radius 3 is 2.27 bits per heavy atom. The van der Waals surface area contributed by atoms with Crippen LogP contribution >= 0.6 is 23.2 Å². The van der Waals surface area contributed by atoms with Crippen LogP contribution in [0.15, 0.2) is 72.8 Å². The smallest absolute Gasteiger partial charge is 0.257 e. The van der Waals surface area contributed by atoms with Gasteiger partial charge in [-0.25, -0.2) is 0 Å². The lowest BCUT2D eigenvalue weighted by Crippen LogP contribution is -2.17. The normalized spacial score (nSPS) is 10.8. The molecule has 3 aromatic carbocycles. The van der Waals surface area contributed by atoms with Crippen molar-refractivity contribution in [3.63, 3.8) is 0 Å². The Labute approximate surface area is 202 Å². The molecule has 0 saturated carbocycles. The van der Waals surface area contributed by atoms with Crippen LogP contribution < -0.4 is 5.32 Å². The SMILES string of the molecule is Cc1ccc(C(=O)c2ccccc2C(=O)Nc2cc(C)n(Cc3ccc(Cl)c(Cl)c3)n2)cc1. The second-order valence-electron chi connectivity index (χ2n) is 7.77. The van der Waals surface area contributed by atoms with Gasteiger partial charge in [-0.2, -0.15) is 5.10 Å². The number of nitrogens with one attached hydrogen (secondary N) is 1. The van der Waals surface area contributed by atoms with E-state index in [1.165, 1.54) is 0 Å². The number of carbonyl (C=O) groups excluding carboxylic acids is 2. The van der Waals surface area contributed by atoms with E-state index in [2.05, 4.69) is 10.4 Å². The van der Waals surface area contributed by atoms with Crippen LogP contribution in [-0.2, 0) is 6.54 Å². The molecule has 0 bridgehead atoms. The van der Waals surface area contributed by atoms with Crippen LogP contribution in [0.25, 0.3) is 0 Å². The van der Waals surface area contributed by atoms with Crippen molar-refractivity contribution < 1.29 is 9.59 Å². The fraction of sp³-hybridized carbons (Fsp3) is 0.115. The maximum atomic E-state index is 13.0. The van der Waals surface area contributed by atoms with Crippen LogP contribution in [-0.4, -0.2) is 21.5 Å². The Hall–Kier alpha value is -3.41. The summed E-state index contributed by atoms with van der Waals surface area (Å²) in [6.07, 6.45) is 0. The first-order chi connectivity index (χ1) is 15.8. The molecule has 0 atom stereocenters. The molecular formula is C26H21Cl2N3O2. The van der Waals surface area contributed by atoms with Crippen molar-refractivity contribution in [3.05, 3.63) is 116 Å². The number of ketones is 1. The van der Waals surface area contributed by atoms with Crippen molar-refractivity contribution >= 4 is 40.7 Å². The molecule has 1 amide bonds. The van der Waals surface area contributed by atoms with Gasteiger partial charge in [-0.3, -0.25) is 14.3 Å². The third kappa shape index (κ3) is 5.16. The molecule has 1 heterocycles. The Kier molecular flexibility index (Phi) is 6.63. The maximum Gasteiger partial charge on any atom is 0.257 e. The molecule has 0 aliphatic rings. The highest BCUT2D eigenvalue weighted by molar-refractivity contribution is 6.42. The summed E-state index contributed by atoms with van der Waals surface area (Å²) < 4.78 is 1.76. The zero-order chi connectivity index (χ0) is 23.5. The van der Waals surface area contributed by atoms with E-state index in [9.17, 15) is 9.59 Å². The molecule has 1 aromatic heterocycles. The highest BCUT2D eigenvalue weighted by Gasteiger charge is 2.19. The summed E-state index contributed by atoms with van der Waals surface area (Å²) in [6, 6.07) is 21.2. The van der Waals surface area contributed by atoms with E-state index < -0.39 is 5.91 Å². The average molecular weight is 478 g/mol. The van der Waals surface area contributed by atoms with Crippen LogP contribution in [0, 0.1) is 13.8 Å². The minimum atomic E-state index is -0.398. The van der Waals surface area contributed by atoms with Crippen LogP contribution in [0.4, 0.5) is 5.82 Å². The second-order valence-corrected chi connectivity index (χ2v) is 8.59. The summed E-state index contributed by atoms with van der Waals surface area (Å²) in [7, 11) is 0. The molecule has 166 valence electrons. The van der Waals surface area contributed by atoms with E-state index in [-0.39, 0.29) is 5.78 Å². The molecule has 0 unspecified atom stereocenters. The molecule has 1 N–H and O–H groups in total. The van der Waals surface area contributed by atoms with Crippen molar-refractivity contribution in [1.29, 1.82) is 0 Å². The summed E-state index contributed by atoms with van der Waals surface area (Å²) >= 11 is 12.1. The van der Waals surface area contributed by atoms with E-state index in [0.717, 1.165) is 16.8 Å². The second kappa shape index (κ2) is 9.61. The number of halogens is 2. The van der Waals surface area contributed by atoms with Gasteiger partial charge in [0.05, 0.1) is 22.2 Å². The lowest BCUT2D eigenvalue weighted by Gasteiger charge is -2.09. The molecule has 7 heteroatoms. The number of hydrogen-bond acceptors (Lipinski definition) is 3. The van der Waals surface area contributed by atoms with Gasteiger partial charge in [0.1, 0.15) is 0 Å². The standard InChI is InChI=1S/C26H21Cl2N3O2/c1-16-7-10-19(11-8-16)25(32)20-5-3-4-6-21(20)26(33)29-24-13-17(2)31(30-24)15-18-9-12-22(27)23(28)14-18/h3-14H,15H2,1-2H3,(H,29,30,33). The first-order valence-corrected chi connectivity index (χ1v) is 11.1. The number of anilines is 1. The summed E-state index contributed by atoms with van der Waals surface area (Å²) in [6.45, 7) is 4.33. The lowest BCUT2D eigenvalue weighted by atomic mass is 9.97. The lowest BCUT2D eigenvalue weighted by molar-refractivity contribution is 0.0996. The largest absolute Gasteiger partial charge is 0.305 e. The summed E-state index contributed by atoms with van der Waals surface area (Å²) in [5.41, 5.74) is 4.01. The molecule has 4 rings (SSSR count). The first kappa shape index (κ1) is 22.8. The van der Waals surface area contributed by atoms with E-state index >= 15 is 0 Å². The zero-order valence-corrected chi connectivity index (χ0v) is 19.6.